The van der Waals surface area contributed by atoms with Crippen LogP contribution in [0.3, 0.4) is 0 Å². The topological polar surface area (TPSA) is 12.0 Å². The van der Waals surface area contributed by atoms with Crippen molar-refractivity contribution in [1.29, 1.82) is 0 Å². The van der Waals surface area contributed by atoms with Crippen molar-refractivity contribution in [3.63, 3.8) is 0 Å². The summed E-state index contributed by atoms with van der Waals surface area (Å²) in [5.41, 5.74) is 4.34. The molecular formula is C10H10IN. The molecule has 12 heavy (non-hydrogen) atoms. The van der Waals surface area contributed by atoms with Crippen molar-refractivity contribution in [1.82, 2.24) is 0 Å². The molecule has 2 aliphatic rings. The number of hydrogen-bond donors (Lipinski definition) is 1. The lowest BCUT2D eigenvalue weighted by Gasteiger charge is -2.11. The molecule has 1 aromatic carbocycles. The first-order valence-electron chi connectivity index (χ1n) is 4.21. The maximum atomic E-state index is 3.55. The highest BCUT2D eigenvalue weighted by Gasteiger charge is 2.36. The summed E-state index contributed by atoms with van der Waals surface area (Å²) in [5.74, 6) is 0.856. The lowest BCUT2D eigenvalue weighted by Crippen LogP contribution is -1.95. The Hall–Kier alpha value is -0.380. The van der Waals surface area contributed by atoms with Gasteiger partial charge < -0.3 is 3.53 Å². The summed E-state index contributed by atoms with van der Waals surface area (Å²) in [6.45, 7) is 2.17. The highest BCUT2D eigenvalue weighted by atomic mass is 127. The molecule has 0 bridgehead atoms. The predicted molar refractivity (Wildman–Crippen MR) is 61.2 cm³/mol. The van der Waals surface area contributed by atoms with Gasteiger partial charge in [0.1, 0.15) is 0 Å². The zero-order valence-corrected chi connectivity index (χ0v) is 9.05. The van der Waals surface area contributed by atoms with Gasteiger partial charge in [0.25, 0.3) is 0 Å². The van der Waals surface area contributed by atoms with Gasteiger partial charge in [-0.1, -0.05) is 17.7 Å². The second-order valence-corrected chi connectivity index (χ2v) is 5.95. The molecule has 1 aromatic rings. The molecule has 1 aliphatic heterocycles. The van der Waals surface area contributed by atoms with Crippen LogP contribution in [-0.2, 0) is 0 Å². The van der Waals surface area contributed by atoms with Gasteiger partial charge in [-0.2, -0.15) is 0 Å². The van der Waals surface area contributed by atoms with E-state index in [1.807, 2.05) is 0 Å². The smallest absolute Gasteiger partial charge is 0.0462 e. The second kappa shape index (κ2) is 2.31. The van der Waals surface area contributed by atoms with E-state index in [0.29, 0.717) is 0 Å². The van der Waals surface area contributed by atoms with E-state index in [1.54, 1.807) is 9.07 Å². The van der Waals surface area contributed by atoms with Crippen LogP contribution in [0.15, 0.2) is 18.2 Å². The van der Waals surface area contributed by atoms with E-state index >= 15 is 0 Å². The molecule has 2 heteroatoms. The van der Waals surface area contributed by atoms with Gasteiger partial charge in [-0.15, -0.1) is 0 Å². The highest BCUT2D eigenvalue weighted by Crippen LogP contribution is 2.48. The van der Waals surface area contributed by atoms with Crippen LogP contribution in [-0.4, -0.2) is 3.51 Å². The third kappa shape index (κ3) is 0.937. The molecule has 1 heterocycles. The average Bonchev–Trinajstić information content (AvgIpc) is 2.82. The summed E-state index contributed by atoms with van der Waals surface area (Å²) >= 11 is 0.194. The molecule has 0 saturated heterocycles. The molecule has 1 nitrogen and oxygen atoms in total. The Labute approximate surface area is 82.3 Å². The Morgan fingerprint density at radius 3 is 3.33 bits per heavy atom. The third-order valence-corrected chi connectivity index (χ3v) is 5.21. The van der Waals surface area contributed by atoms with Crippen LogP contribution in [0, 0.1) is 6.92 Å². The van der Waals surface area contributed by atoms with Crippen molar-refractivity contribution in [3.8, 4) is 0 Å². The minimum Gasteiger partial charge on any atom is -0.333 e. The minimum atomic E-state index is 0.194. The van der Waals surface area contributed by atoms with E-state index in [2.05, 4.69) is 28.7 Å². The quantitative estimate of drug-likeness (QED) is 0.565. The van der Waals surface area contributed by atoms with Crippen molar-refractivity contribution in [2.75, 3.05) is 3.53 Å². The Morgan fingerprint density at radius 1 is 1.50 bits per heavy atom. The minimum absolute atomic E-state index is 0.194. The SMILES string of the molecule is Cc1ccc2c(c1)C1CC1=IN2. The maximum absolute atomic E-state index is 3.55. The van der Waals surface area contributed by atoms with Crippen molar-refractivity contribution in [3.05, 3.63) is 29.3 Å². The first kappa shape index (κ1) is 7.06. The van der Waals surface area contributed by atoms with Gasteiger partial charge in [0.05, 0.1) is 0 Å². The largest absolute Gasteiger partial charge is 0.333 e. The van der Waals surface area contributed by atoms with Gasteiger partial charge in [-0.3, -0.25) is 0 Å². The molecular weight excluding hydrogens is 261 g/mol. The van der Waals surface area contributed by atoms with Crippen molar-refractivity contribution in [2.45, 2.75) is 19.3 Å². The fraction of sp³-hybridized carbons (Fsp3) is 0.300. The molecule has 0 spiro atoms. The number of fused-ring (bicyclic) bond motifs is 3. The molecule has 1 fully saturated rings. The van der Waals surface area contributed by atoms with E-state index in [9.17, 15) is 0 Å². The Morgan fingerprint density at radius 2 is 2.42 bits per heavy atom. The molecule has 1 saturated carbocycles. The Balaban J connectivity index is 2.19. The predicted octanol–water partition coefficient (Wildman–Crippen LogP) is 2.97. The Bertz CT molecular complexity index is 381. The monoisotopic (exact) mass is 271 g/mol. The summed E-state index contributed by atoms with van der Waals surface area (Å²) in [7, 11) is 0. The number of anilines is 1. The van der Waals surface area contributed by atoms with Crippen LogP contribution in [0.5, 0.6) is 0 Å². The molecule has 1 atom stereocenters. The van der Waals surface area contributed by atoms with Gasteiger partial charge >= 0.3 is 0 Å². The second-order valence-electron chi connectivity index (χ2n) is 3.48. The number of rotatable bonds is 0. The van der Waals surface area contributed by atoms with Gasteiger partial charge in [0.15, 0.2) is 0 Å². The van der Waals surface area contributed by atoms with E-state index in [1.165, 1.54) is 17.7 Å². The van der Waals surface area contributed by atoms with Crippen LogP contribution in [0.2, 0.25) is 0 Å². The molecule has 0 radical (unpaired) electrons. The van der Waals surface area contributed by atoms with Crippen LogP contribution in [0.1, 0.15) is 23.5 Å². The normalized spacial score (nSPS) is 24.1. The molecule has 1 aliphatic carbocycles. The lowest BCUT2D eigenvalue weighted by atomic mass is 10.1. The van der Waals surface area contributed by atoms with Crippen LogP contribution >= 0.6 is 21.0 Å². The molecule has 62 valence electrons. The van der Waals surface area contributed by atoms with Gasteiger partial charge in [0.2, 0.25) is 0 Å². The van der Waals surface area contributed by atoms with Crippen LogP contribution in [0.4, 0.5) is 5.69 Å². The van der Waals surface area contributed by atoms with E-state index in [-0.39, 0.29) is 21.0 Å². The first-order valence-corrected chi connectivity index (χ1v) is 6.36. The lowest BCUT2D eigenvalue weighted by molar-refractivity contribution is 1.17. The Kier molecular flexibility index (Phi) is 1.36. The number of hydrogen-bond acceptors (Lipinski definition) is 1. The fourth-order valence-electron chi connectivity index (χ4n) is 1.69. The summed E-state index contributed by atoms with van der Waals surface area (Å²) in [6, 6.07) is 6.77. The molecule has 1 N–H and O–H groups in total. The summed E-state index contributed by atoms with van der Waals surface area (Å²) < 4.78 is 5.35. The van der Waals surface area contributed by atoms with Crippen LogP contribution < -0.4 is 3.53 Å². The highest BCUT2D eigenvalue weighted by molar-refractivity contribution is 14.2. The summed E-state index contributed by atoms with van der Waals surface area (Å²) in [5, 5.41) is 0. The van der Waals surface area contributed by atoms with Gasteiger partial charge in [-0.05, 0) is 49.5 Å². The zero-order chi connectivity index (χ0) is 8.13. The first-order chi connectivity index (χ1) is 5.84. The zero-order valence-electron chi connectivity index (χ0n) is 6.89. The van der Waals surface area contributed by atoms with Crippen molar-refractivity contribution in [2.24, 2.45) is 0 Å². The van der Waals surface area contributed by atoms with Crippen LogP contribution in [0.25, 0.3) is 0 Å². The third-order valence-electron chi connectivity index (χ3n) is 2.47. The van der Waals surface area contributed by atoms with E-state index in [0.717, 1.165) is 5.92 Å². The molecule has 0 aromatic heterocycles. The number of halogens is 1. The number of nitrogens with one attached hydrogen (secondary N) is 1. The molecule has 3 rings (SSSR count). The molecule has 0 amide bonds. The van der Waals surface area contributed by atoms with Crippen molar-refractivity contribution < 1.29 is 0 Å². The molecule has 1 unspecified atom stereocenters. The number of aryl methyl sites for hydroxylation is 1. The average molecular weight is 271 g/mol. The fourth-order valence-corrected chi connectivity index (χ4v) is 4.19. The summed E-state index contributed by atoms with van der Waals surface area (Å²) in [4.78, 5) is 0. The van der Waals surface area contributed by atoms with E-state index in [4.69, 9.17) is 0 Å². The van der Waals surface area contributed by atoms with Gasteiger partial charge in [-0.25, -0.2) is 0 Å². The van der Waals surface area contributed by atoms with E-state index < -0.39 is 0 Å². The number of benzene rings is 1. The standard InChI is InChI=1S/C10H10IN/c1-6-2-3-10-8(4-6)7-5-9(7)11-12-10/h2-4,7,12H,5H2,1H3. The van der Waals surface area contributed by atoms with Crippen molar-refractivity contribution >= 4 is 30.2 Å². The summed E-state index contributed by atoms with van der Waals surface area (Å²) in [6.07, 6.45) is 1.37. The van der Waals surface area contributed by atoms with Gasteiger partial charge in [0, 0.05) is 11.6 Å². The maximum Gasteiger partial charge on any atom is 0.0462 e.